The summed E-state index contributed by atoms with van der Waals surface area (Å²) in [4.78, 5) is 42.3. The number of hydrogen-bond donors (Lipinski definition) is 1. The summed E-state index contributed by atoms with van der Waals surface area (Å²) in [6.45, 7) is 2.30. The zero-order valence-corrected chi connectivity index (χ0v) is 18.1. The largest absolute Gasteiger partial charge is 0.465 e. The molecule has 0 saturated carbocycles. The molecule has 4 aromatic rings. The minimum absolute atomic E-state index is 0.0105. The van der Waals surface area contributed by atoms with Crippen molar-refractivity contribution in [3.8, 4) is 11.1 Å². The van der Waals surface area contributed by atoms with Crippen LogP contribution in [0.3, 0.4) is 0 Å². The number of methoxy groups -OCH3 is 1. The van der Waals surface area contributed by atoms with E-state index in [9.17, 15) is 14.4 Å². The average molecular weight is 442 g/mol. The number of carbonyl (C=O) groups excluding carboxylic acids is 2. The number of nitrogens with one attached hydrogen (secondary N) is 1. The van der Waals surface area contributed by atoms with Crippen molar-refractivity contribution in [2.75, 3.05) is 33.4 Å². The van der Waals surface area contributed by atoms with E-state index in [1.165, 1.54) is 7.11 Å². The number of esters is 1. The second-order valence-electron chi connectivity index (χ2n) is 7.93. The summed E-state index contributed by atoms with van der Waals surface area (Å²) >= 11 is 0. The Morgan fingerprint density at radius 3 is 2.39 bits per heavy atom. The summed E-state index contributed by atoms with van der Waals surface area (Å²) in [5, 5.41) is 2.49. The third-order valence-electron chi connectivity index (χ3n) is 6.04. The second-order valence-corrected chi connectivity index (χ2v) is 7.93. The van der Waals surface area contributed by atoms with Crippen molar-refractivity contribution in [2.24, 2.45) is 0 Å². The van der Waals surface area contributed by atoms with Crippen LogP contribution >= 0.6 is 0 Å². The van der Waals surface area contributed by atoms with Crippen molar-refractivity contribution in [3.05, 3.63) is 82.3 Å². The van der Waals surface area contributed by atoms with E-state index in [4.69, 9.17) is 9.47 Å². The summed E-state index contributed by atoms with van der Waals surface area (Å²) in [7, 11) is 1.34. The van der Waals surface area contributed by atoms with Gasteiger partial charge in [0.1, 0.15) is 0 Å². The van der Waals surface area contributed by atoms with Crippen molar-refractivity contribution in [1.82, 2.24) is 9.88 Å². The highest BCUT2D eigenvalue weighted by atomic mass is 16.5. The molecule has 0 unspecified atom stereocenters. The summed E-state index contributed by atoms with van der Waals surface area (Å²) in [5.41, 5.74) is 2.58. The lowest BCUT2D eigenvalue weighted by molar-refractivity contribution is 0.0303. The summed E-state index contributed by atoms with van der Waals surface area (Å²) < 4.78 is 10.3. The van der Waals surface area contributed by atoms with Gasteiger partial charge >= 0.3 is 5.97 Å². The first kappa shape index (κ1) is 20.9. The van der Waals surface area contributed by atoms with Crippen LogP contribution in [0.25, 0.3) is 32.7 Å². The fourth-order valence-electron chi connectivity index (χ4n) is 4.32. The Labute approximate surface area is 189 Å². The zero-order valence-electron chi connectivity index (χ0n) is 18.1. The van der Waals surface area contributed by atoms with Gasteiger partial charge in [-0.1, -0.05) is 24.3 Å². The molecule has 7 heteroatoms. The van der Waals surface area contributed by atoms with Gasteiger partial charge in [0.2, 0.25) is 0 Å². The van der Waals surface area contributed by atoms with Gasteiger partial charge in [0.25, 0.3) is 11.5 Å². The Hall–Kier alpha value is -3.97. The molecule has 33 heavy (non-hydrogen) atoms. The van der Waals surface area contributed by atoms with Crippen molar-refractivity contribution in [1.29, 1.82) is 0 Å². The van der Waals surface area contributed by atoms with Gasteiger partial charge in [0.05, 0.1) is 31.3 Å². The Morgan fingerprint density at radius 1 is 0.939 bits per heavy atom. The van der Waals surface area contributed by atoms with Gasteiger partial charge in [-0.25, -0.2) is 4.79 Å². The number of morpholine rings is 1. The maximum atomic E-state index is 12.7. The number of nitrogens with zero attached hydrogens (tertiary/aromatic N) is 1. The molecule has 1 fully saturated rings. The topological polar surface area (TPSA) is 88.7 Å². The summed E-state index contributed by atoms with van der Waals surface area (Å²) in [6, 6.07) is 16.5. The SMILES string of the molecule is COC(=O)c1cc2cc[nH]c(=O)c2c2cc(-c3ccc(C(=O)N4CCOCC4)cc3)ccc12. The Kier molecular flexibility index (Phi) is 5.40. The van der Waals surface area contributed by atoms with E-state index in [0.717, 1.165) is 11.1 Å². The molecule has 2 heterocycles. The molecule has 0 radical (unpaired) electrons. The highest BCUT2D eigenvalue weighted by Crippen LogP contribution is 2.31. The van der Waals surface area contributed by atoms with E-state index in [1.807, 2.05) is 42.5 Å². The van der Waals surface area contributed by atoms with Crippen LogP contribution in [0.2, 0.25) is 0 Å². The third-order valence-corrected chi connectivity index (χ3v) is 6.04. The first-order chi connectivity index (χ1) is 16.1. The van der Waals surface area contributed by atoms with Gasteiger partial charge in [-0.05, 0) is 57.6 Å². The molecular formula is C26H22N2O5. The summed E-state index contributed by atoms with van der Waals surface area (Å²) in [5.74, 6) is -0.468. The molecule has 1 aliphatic heterocycles. The molecule has 1 aliphatic rings. The molecule has 0 spiro atoms. The maximum Gasteiger partial charge on any atom is 0.338 e. The van der Waals surface area contributed by atoms with E-state index in [0.29, 0.717) is 59.0 Å². The van der Waals surface area contributed by atoms with Crippen LogP contribution in [0.15, 0.2) is 65.6 Å². The number of ether oxygens (including phenoxy) is 2. The van der Waals surface area contributed by atoms with Gasteiger partial charge in [0.15, 0.2) is 0 Å². The van der Waals surface area contributed by atoms with Crippen LogP contribution in [0, 0.1) is 0 Å². The Bertz CT molecular complexity index is 1430. The van der Waals surface area contributed by atoms with Crippen LogP contribution < -0.4 is 5.56 Å². The van der Waals surface area contributed by atoms with E-state index < -0.39 is 5.97 Å². The molecular weight excluding hydrogens is 420 g/mol. The van der Waals surface area contributed by atoms with Crippen LogP contribution in [0.1, 0.15) is 20.7 Å². The van der Waals surface area contributed by atoms with E-state index in [-0.39, 0.29) is 11.5 Å². The minimum atomic E-state index is -0.457. The predicted octanol–water partition coefficient (Wildman–Crippen LogP) is 3.61. The molecule has 0 aliphatic carbocycles. The lowest BCUT2D eigenvalue weighted by atomic mass is 9.94. The number of benzene rings is 3. The van der Waals surface area contributed by atoms with Crippen molar-refractivity contribution >= 4 is 33.4 Å². The van der Waals surface area contributed by atoms with E-state index >= 15 is 0 Å². The fraction of sp³-hybridized carbons (Fsp3) is 0.192. The number of carbonyl (C=O) groups is 2. The van der Waals surface area contributed by atoms with Crippen LogP contribution in [0.4, 0.5) is 0 Å². The second kappa shape index (κ2) is 8.52. The molecule has 1 N–H and O–H groups in total. The Balaban J connectivity index is 1.59. The number of amides is 1. The lowest BCUT2D eigenvalue weighted by Crippen LogP contribution is -2.40. The van der Waals surface area contributed by atoms with Crippen LogP contribution in [-0.4, -0.2) is 55.2 Å². The molecule has 5 rings (SSSR count). The molecule has 1 aromatic heterocycles. The number of H-pyrrole nitrogens is 1. The van der Waals surface area contributed by atoms with Gasteiger partial charge in [-0.15, -0.1) is 0 Å². The van der Waals surface area contributed by atoms with Gasteiger partial charge in [-0.3, -0.25) is 9.59 Å². The summed E-state index contributed by atoms with van der Waals surface area (Å²) in [6.07, 6.45) is 1.56. The quantitative estimate of drug-likeness (QED) is 0.387. The normalized spacial score (nSPS) is 13.9. The van der Waals surface area contributed by atoms with E-state index in [2.05, 4.69) is 4.98 Å². The standard InChI is InChI=1S/C26H22N2O5/c1-32-26(31)22-15-19-8-9-27-24(29)23(19)21-14-18(6-7-20(21)22)16-2-4-17(5-3-16)25(30)28-10-12-33-13-11-28/h2-9,14-15H,10-13H2,1H3,(H,27,29). The van der Waals surface area contributed by atoms with E-state index in [1.54, 1.807) is 23.2 Å². The van der Waals surface area contributed by atoms with Gasteiger partial charge in [-0.2, -0.15) is 0 Å². The van der Waals surface area contributed by atoms with Crippen LogP contribution in [-0.2, 0) is 9.47 Å². The zero-order chi connectivity index (χ0) is 22.9. The van der Waals surface area contributed by atoms with Crippen LogP contribution in [0.5, 0.6) is 0 Å². The molecule has 166 valence electrons. The van der Waals surface area contributed by atoms with Crippen molar-refractivity contribution < 1.29 is 19.1 Å². The monoisotopic (exact) mass is 442 g/mol. The Morgan fingerprint density at radius 2 is 1.67 bits per heavy atom. The number of rotatable bonds is 3. The average Bonchev–Trinajstić information content (AvgIpc) is 2.87. The maximum absolute atomic E-state index is 12.7. The van der Waals surface area contributed by atoms with Gasteiger partial charge in [0, 0.05) is 24.8 Å². The van der Waals surface area contributed by atoms with Crippen molar-refractivity contribution in [2.45, 2.75) is 0 Å². The number of aromatic nitrogens is 1. The molecule has 0 bridgehead atoms. The highest BCUT2D eigenvalue weighted by Gasteiger charge is 2.19. The third kappa shape index (κ3) is 3.76. The molecule has 3 aromatic carbocycles. The smallest absolute Gasteiger partial charge is 0.338 e. The number of hydrogen-bond acceptors (Lipinski definition) is 5. The number of aromatic amines is 1. The minimum Gasteiger partial charge on any atom is -0.465 e. The molecule has 0 atom stereocenters. The predicted molar refractivity (Wildman–Crippen MR) is 126 cm³/mol. The molecule has 1 amide bonds. The first-order valence-electron chi connectivity index (χ1n) is 10.7. The molecule has 1 saturated heterocycles. The first-order valence-corrected chi connectivity index (χ1v) is 10.7. The lowest BCUT2D eigenvalue weighted by Gasteiger charge is -2.26. The van der Waals surface area contributed by atoms with Crippen molar-refractivity contribution in [3.63, 3.8) is 0 Å². The molecule has 7 nitrogen and oxygen atoms in total. The highest BCUT2D eigenvalue weighted by molar-refractivity contribution is 6.16. The number of pyridine rings is 1. The number of fused-ring (bicyclic) bond motifs is 3. The van der Waals surface area contributed by atoms with Gasteiger partial charge < -0.3 is 19.4 Å². The fourth-order valence-corrected chi connectivity index (χ4v) is 4.32.